The third-order valence-electron chi connectivity index (χ3n) is 5.03. The summed E-state index contributed by atoms with van der Waals surface area (Å²) < 4.78 is 27.2. The molecule has 0 saturated carbocycles. The summed E-state index contributed by atoms with van der Waals surface area (Å²) in [5.41, 5.74) is 1.40. The molecule has 0 unspecified atom stereocenters. The molecule has 0 spiro atoms. The quantitative estimate of drug-likeness (QED) is 0.656. The first-order valence-electron chi connectivity index (χ1n) is 9.66. The van der Waals surface area contributed by atoms with Gasteiger partial charge in [-0.3, -0.25) is 9.59 Å². The maximum atomic E-state index is 12.5. The lowest BCUT2D eigenvalue weighted by Crippen LogP contribution is -2.49. The zero-order valence-electron chi connectivity index (χ0n) is 16.7. The predicted molar refractivity (Wildman–Crippen MR) is 116 cm³/mol. The first-order valence-corrected chi connectivity index (χ1v) is 11.5. The SMILES string of the molecule is CC(=O)c1ccc(S(=O)(=O)NCCC(=O)N2CCN(c3ccccc3Cl)CC2)cc1. The number of anilines is 1. The molecular formula is C21H24ClN3O4S. The smallest absolute Gasteiger partial charge is 0.240 e. The molecule has 1 amide bonds. The zero-order valence-corrected chi connectivity index (χ0v) is 18.2. The number of Topliss-reactive ketones (excluding diaryl/α,β-unsaturated/α-hetero) is 1. The number of amides is 1. The maximum Gasteiger partial charge on any atom is 0.240 e. The molecule has 30 heavy (non-hydrogen) atoms. The van der Waals surface area contributed by atoms with Gasteiger partial charge < -0.3 is 9.80 Å². The molecule has 160 valence electrons. The van der Waals surface area contributed by atoms with Crippen LogP contribution in [0.2, 0.25) is 5.02 Å². The van der Waals surface area contributed by atoms with Crippen LogP contribution in [0.15, 0.2) is 53.4 Å². The first-order chi connectivity index (χ1) is 14.3. The van der Waals surface area contributed by atoms with Crippen molar-refractivity contribution >= 4 is 39.0 Å². The molecule has 1 aliphatic rings. The van der Waals surface area contributed by atoms with E-state index in [0.717, 1.165) is 5.69 Å². The van der Waals surface area contributed by atoms with Crippen molar-refractivity contribution in [1.82, 2.24) is 9.62 Å². The molecule has 0 aromatic heterocycles. The molecule has 2 aromatic carbocycles. The minimum Gasteiger partial charge on any atom is -0.367 e. The molecule has 1 fully saturated rings. The molecule has 0 atom stereocenters. The van der Waals surface area contributed by atoms with Gasteiger partial charge in [0.25, 0.3) is 0 Å². The third-order valence-corrected chi connectivity index (χ3v) is 6.82. The van der Waals surface area contributed by atoms with E-state index in [2.05, 4.69) is 9.62 Å². The van der Waals surface area contributed by atoms with E-state index in [0.29, 0.717) is 36.8 Å². The molecule has 0 radical (unpaired) electrons. The van der Waals surface area contributed by atoms with Gasteiger partial charge in [-0.05, 0) is 31.2 Å². The van der Waals surface area contributed by atoms with Crippen molar-refractivity contribution in [1.29, 1.82) is 0 Å². The van der Waals surface area contributed by atoms with Crippen LogP contribution < -0.4 is 9.62 Å². The molecule has 1 N–H and O–H groups in total. The number of halogens is 1. The lowest BCUT2D eigenvalue weighted by Gasteiger charge is -2.36. The number of carbonyl (C=O) groups is 2. The van der Waals surface area contributed by atoms with E-state index in [1.165, 1.54) is 31.2 Å². The number of nitrogens with zero attached hydrogens (tertiary/aromatic N) is 2. The second-order valence-electron chi connectivity index (χ2n) is 7.05. The van der Waals surface area contributed by atoms with Crippen LogP contribution in [0, 0.1) is 0 Å². The molecule has 3 rings (SSSR count). The van der Waals surface area contributed by atoms with Crippen molar-refractivity contribution in [2.75, 3.05) is 37.6 Å². The van der Waals surface area contributed by atoms with E-state index in [1.54, 1.807) is 4.90 Å². The van der Waals surface area contributed by atoms with Crippen LogP contribution in [-0.2, 0) is 14.8 Å². The fraction of sp³-hybridized carbons (Fsp3) is 0.333. The monoisotopic (exact) mass is 449 g/mol. The number of benzene rings is 2. The van der Waals surface area contributed by atoms with Crippen molar-refractivity contribution < 1.29 is 18.0 Å². The number of rotatable bonds is 7. The Morgan fingerprint density at radius 3 is 2.23 bits per heavy atom. The Hall–Kier alpha value is -2.42. The summed E-state index contributed by atoms with van der Waals surface area (Å²) in [6.07, 6.45) is 0.0802. The van der Waals surface area contributed by atoms with Gasteiger partial charge in [0.15, 0.2) is 5.78 Å². The number of hydrogen-bond donors (Lipinski definition) is 1. The number of piperazine rings is 1. The number of hydrogen-bond acceptors (Lipinski definition) is 5. The molecule has 1 saturated heterocycles. The van der Waals surface area contributed by atoms with Crippen LogP contribution in [0.3, 0.4) is 0 Å². The van der Waals surface area contributed by atoms with E-state index >= 15 is 0 Å². The summed E-state index contributed by atoms with van der Waals surface area (Å²) >= 11 is 6.24. The van der Waals surface area contributed by atoms with E-state index in [9.17, 15) is 18.0 Å². The standard InChI is InChI=1S/C21H24ClN3O4S/c1-16(26)17-6-8-18(9-7-17)30(28,29)23-11-10-21(27)25-14-12-24(13-15-25)20-5-3-2-4-19(20)22/h2-9,23H,10-15H2,1H3. The van der Waals surface area contributed by atoms with Crippen molar-refractivity contribution in [3.63, 3.8) is 0 Å². The van der Waals surface area contributed by atoms with Gasteiger partial charge in [0.05, 0.1) is 15.6 Å². The lowest BCUT2D eigenvalue weighted by molar-refractivity contribution is -0.131. The largest absolute Gasteiger partial charge is 0.367 e. The summed E-state index contributed by atoms with van der Waals surface area (Å²) in [6, 6.07) is 13.3. The highest BCUT2D eigenvalue weighted by molar-refractivity contribution is 7.89. The average molecular weight is 450 g/mol. The number of carbonyl (C=O) groups excluding carboxylic acids is 2. The molecule has 7 nitrogen and oxygen atoms in total. The summed E-state index contributed by atoms with van der Waals surface area (Å²) in [5, 5.41) is 0.683. The molecular weight excluding hydrogens is 426 g/mol. The Kier molecular flexibility index (Phi) is 7.12. The molecule has 1 heterocycles. The lowest BCUT2D eigenvalue weighted by atomic mass is 10.2. The van der Waals surface area contributed by atoms with E-state index in [-0.39, 0.29) is 29.6 Å². The van der Waals surface area contributed by atoms with Gasteiger partial charge in [-0.15, -0.1) is 0 Å². The Morgan fingerprint density at radius 1 is 1.00 bits per heavy atom. The van der Waals surface area contributed by atoms with Gasteiger partial charge in [0.2, 0.25) is 15.9 Å². The zero-order chi connectivity index (χ0) is 21.7. The second kappa shape index (κ2) is 9.59. The Morgan fingerprint density at radius 2 is 1.63 bits per heavy atom. The fourth-order valence-corrected chi connectivity index (χ4v) is 4.59. The van der Waals surface area contributed by atoms with Gasteiger partial charge >= 0.3 is 0 Å². The highest BCUT2D eigenvalue weighted by atomic mass is 35.5. The number of sulfonamides is 1. The summed E-state index contributed by atoms with van der Waals surface area (Å²) in [5.74, 6) is -0.226. The maximum absolute atomic E-state index is 12.5. The number of para-hydroxylation sites is 1. The normalized spacial score (nSPS) is 14.6. The minimum absolute atomic E-state index is 0.0142. The summed E-state index contributed by atoms with van der Waals surface area (Å²) in [6.45, 7) is 3.89. The van der Waals surface area contributed by atoms with Crippen molar-refractivity contribution in [3.8, 4) is 0 Å². The van der Waals surface area contributed by atoms with Gasteiger partial charge in [0, 0.05) is 44.7 Å². The highest BCUT2D eigenvalue weighted by Gasteiger charge is 2.23. The van der Waals surface area contributed by atoms with Gasteiger partial charge in [-0.2, -0.15) is 0 Å². The third kappa shape index (κ3) is 5.38. The molecule has 0 bridgehead atoms. The van der Waals surface area contributed by atoms with Gasteiger partial charge in [-0.25, -0.2) is 13.1 Å². The molecule has 2 aromatic rings. The van der Waals surface area contributed by atoms with Crippen LogP contribution in [0.4, 0.5) is 5.69 Å². The molecule has 9 heteroatoms. The van der Waals surface area contributed by atoms with Crippen LogP contribution in [0.1, 0.15) is 23.7 Å². The Bertz CT molecular complexity index is 1020. The van der Waals surface area contributed by atoms with E-state index in [1.807, 2.05) is 24.3 Å². The summed E-state index contributed by atoms with van der Waals surface area (Å²) in [4.78, 5) is 27.7. The summed E-state index contributed by atoms with van der Waals surface area (Å²) in [7, 11) is -3.73. The van der Waals surface area contributed by atoms with Crippen molar-refractivity contribution in [2.24, 2.45) is 0 Å². The van der Waals surface area contributed by atoms with E-state index < -0.39 is 10.0 Å². The van der Waals surface area contributed by atoms with Crippen molar-refractivity contribution in [2.45, 2.75) is 18.2 Å². The predicted octanol–water partition coefficient (Wildman–Crippen LogP) is 2.56. The van der Waals surface area contributed by atoms with Crippen LogP contribution >= 0.6 is 11.6 Å². The van der Waals surface area contributed by atoms with Crippen LogP contribution in [0.25, 0.3) is 0 Å². The highest BCUT2D eigenvalue weighted by Crippen LogP contribution is 2.26. The van der Waals surface area contributed by atoms with E-state index in [4.69, 9.17) is 11.6 Å². The van der Waals surface area contributed by atoms with Crippen LogP contribution in [0.5, 0.6) is 0 Å². The van der Waals surface area contributed by atoms with Crippen LogP contribution in [-0.4, -0.2) is 57.7 Å². The van der Waals surface area contributed by atoms with Gasteiger partial charge in [-0.1, -0.05) is 35.9 Å². The number of ketones is 1. The van der Waals surface area contributed by atoms with Crippen molar-refractivity contribution in [3.05, 3.63) is 59.1 Å². The number of nitrogens with one attached hydrogen (secondary N) is 1. The first kappa shape index (κ1) is 22.3. The average Bonchev–Trinajstić information content (AvgIpc) is 2.74. The molecule has 0 aliphatic carbocycles. The Labute approximate surface area is 181 Å². The molecule has 1 aliphatic heterocycles. The second-order valence-corrected chi connectivity index (χ2v) is 9.22. The fourth-order valence-electron chi connectivity index (χ4n) is 3.31. The minimum atomic E-state index is -3.73. The van der Waals surface area contributed by atoms with Gasteiger partial charge in [0.1, 0.15) is 0 Å². The topological polar surface area (TPSA) is 86.8 Å². The Balaban J connectivity index is 1.48.